The van der Waals surface area contributed by atoms with Crippen molar-refractivity contribution in [3.05, 3.63) is 113 Å². The largest absolute Gasteiger partial charge is 0.493 e. The third kappa shape index (κ3) is 4.55. The molecule has 0 aromatic heterocycles. The van der Waals surface area contributed by atoms with Gasteiger partial charge in [0.05, 0.1) is 7.11 Å². The van der Waals surface area contributed by atoms with Gasteiger partial charge in [0.25, 0.3) is 0 Å². The number of carbonyl (C=O) groups excluding carboxylic acids is 1. The van der Waals surface area contributed by atoms with Crippen molar-refractivity contribution in [2.24, 2.45) is 4.99 Å². The second-order valence-corrected chi connectivity index (χ2v) is 8.09. The predicted octanol–water partition coefficient (Wildman–Crippen LogP) is 6.08. The average Bonchev–Trinajstić information content (AvgIpc) is 3.22. The topological polar surface area (TPSA) is 57.1 Å². The van der Waals surface area contributed by atoms with Gasteiger partial charge in [-0.15, -0.1) is 0 Å². The van der Waals surface area contributed by atoms with Crippen molar-refractivity contribution in [3.8, 4) is 11.5 Å². The summed E-state index contributed by atoms with van der Waals surface area (Å²) >= 11 is 0. The normalized spacial score (nSPS) is 14.2. The van der Waals surface area contributed by atoms with Crippen molar-refractivity contribution in [3.63, 3.8) is 0 Å². The first-order valence-electron chi connectivity index (χ1n) is 11.0. The lowest BCUT2D eigenvalue weighted by Gasteiger charge is -2.12. The van der Waals surface area contributed by atoms with Gasteiger partial charge >= 0.3 is 5.97 Å². The van der Waals surface area contributed by atoms with Crippen LogP contribution in [0.5, 0.6) is 11.5 Å². The Kier molecular flexibility index (Phi) is 5.83. The molecule has 5 rings (SSSR count). The molecule has 0 amide bonds. The molecule has 0 bridgehead atoms. The number of aryl methyl sites for hydroxylation is 1. The Morgan fingerprint density at radius 1 is 0.882 bits per heavy atom. The molecule has 1 aliphatic rings. The number of methoxy groups -OCH3 is 1. The predicted molar refractivity (Wildman–Crippen MR) is 133 cm³/mol. The highest BCUT2D eigenvalue weighted by Crippen LogP contribution is 2.30. The molecule has 0 spiro atoms. The number of ether oxygens (including phenoxy) is 3. The van der Waals surface area contributed by atoms with Crippen LogP contribution in [0.3, 0.4) is 0 Å². The molecule has 34 heavy (non-hydrogen) atoms. The van der Waals surface area contributed by atoms with Crippen LogP contribution >= 0.6 is 0 Å². The van der Waals surface area contributed by atoms with Gasteiger partial charge < -0.3 is 14.2 Å². The fraction of sp³-hybridized carbons (Fsp3) is 0.103. The lowest BCUT2D eigenvalue weighted by atomic mass is 10.1. The Labute approximate surface area is 197 Å². The Hall–Kier alpha value is -4.38. The molecule has 5 nitrogen and oxygen atoms in total. The first kappa shape index (κ1) is 21.5. The summed E-state index contributed by atoms with van der Waals surface area (Å²) in [6.07, 6.45) is 1.68. The third-order valence-electron chi connectivity index (χ3n) is 5.58. The Bertz CT molecular complexity index is 1450. The van der Waals surface area contributed by atoms with Gasteiger partial charge in [-0.05, 0) is 59.2 Å². The van der Waals surface area contributed by atoms with Crippen LogP contribution in [0.25, 0.3) is 16.8 Å². The second kappa shape index (κ2) is 9.24. The van der Waals surface area contributed by atoms with Crippen molar-refractivity contribution < 1.29 is 19.0 Å². The van der Waals surface area contributed by atoms with Crippen LogP contribution in [-0.2, 0) is 16.1 Å². The van der Waals surface area contributed by atoms with E-state index in [2.05, 4.69) is 11.1 Å². The lowest BCUT2D eigenvalue weighted by Crippen LogP contribution is -2.05. The molecular weight excluding hydrogens is 426 g/mol. The zero-order valence-electron chi connectivity index (χ0n) is 18.9. The van der Waals surface area contributed by atoms with E-state index in [1.165, 1.54) is 5.56 Å². The van der Waals surface area contributed by atoms with Crippen molar-refractivity contribution in [2.75, 3.05) is 7.11 Å². The quantitative estimate of drug-likeness (QED) is 0.264. The number of rotatable bonds is 6. The van der Waals surface area contributed by atoms with Crippen LogP contribution in [0.4, 0.5) is 0 Å². The van der Waals surface area contributed by atoms with Crippen molar-refractivity contribution in [1.29, 1.82) is 0 Å². The zero-order valence-corrected chi connectivity index (χ0v) is 18.9. The number of aliphatic imine (C=N–C) groups is 1. The van der Waals surface area contributed by atoms with Gasteiger partial charge in [0, 0.05) is 5.56 Å². The SMILES string of the molecule is COc1cc(/C=C2\N=C(c3ccc4ccccc4c3)OC2=O)ccc1OCc1cccc(C)c1. The van der Waals surface area contributed by atoms with E-state index in [0.717, 1.165) is 27.5 Å². The molecule has 0 N–H and O–H groups in total. The fourth-order valence-electron chi connectivity index (χ4n) is 3.87. The standard InChI is InChI=1S/C29H23NO4/c1-19-6-5-7-21(14-19)18-33-26-13-10-20(16-27(26)32-2)15-25-29(31)34-28(30-25)24-12-11-22-8-3-4-9-23(22)17-24/h3-17H,18H2,1-2H3/b25-15-. The van der Waals surface area contributed by atoms with Crippen LogP contribution in [0.2, 0.25) is 0 Å². The van der Waals surface area contributed by atoms with Crippen LogP contribution in [0.15, 0.2) is 95.6 Å². The number of hydrogen-bond acceptors (Lipinski definition) is 5. The van der Waals surface area contributed by atoms with Crippen molar-refractivity contribution in [1.82, 2.24) is 0 Å². The van der Waals surface area contributed by atoms with E-state index in [1.807, 2.05) is 85.8 Å². The number of cyclic esters (lactones) is 1. The molecule has 1 aliphatic heterocycles. The van der Waals surface area contributed by atoms with E-state index in [9.17, 15) is 4.79 Å². The van der Waals surface area contributed by atoms with E-state index in [-0.39, 0.29) is 5.70 Å². The highest BCUT2D eigenvalue weighted by molar-refractivity contribution is 6.13. The first-order valence-corrected chi connectivity index (χ1v) is 11.0. The minimum absolute atomic E-state index is 0.235. The highest BCUT2D eigenvalue weighted by Gasteiger charge is 2.24. The number of fused-ring (bicyclic) bond motifs is 1. The van der Waals surface area contributed by atoms with Gasteiger partial charge in [0.15, 0.2) is 17.2 Å². The van der Waals surface area contributed by atoms with Gasteiger partial charge in [-0.3, -0.25) is 0 Å². The van der Waals surface area contributed by atoms with E-state index >= 15 is 0 Å². The minimum atomic E-state index is -0.484. The third-order valence-corrected chi connectivity index (χ3v) is 5.58. The van der Waals surface area contributed by atoms with E-state index in [1.54, 1.807) is 13.2 Å². The molecule has 0 atom stereocenters. The van der Waals surface area contributed by atoms with E-state index in [0.29, 0.717) is 24.0 Å². The summed E-state index contributed by atoms with van der Waals surface area (Å²) in [6.45, 7) is 2.48. The fourth-order valence-corrected chi connectivity index (χ4v) is 3.87. The lowest BCUT2D eigenvalue weighted by molar-refractivity contribution is -0.129. The van der Waals surface area contributed by atoms with Gasteiger partial charge in [-0.2, -0.15) is 0 Å². The molecule has 0 saturated heterocycles. The second-order valence-electron chi connectivity index (χ2n) is 8.09. The summed E-state index contributed by atoms with van der Waals surface area (Å²) in [7, 11) is 1.59. The van der Waals surface area contributed by atoms with Crippen LogP contribution in [0, 0.1) is 6.92 Å². The van der Waals surface area contributed by atoms with Gasteiger partial charge in [0.1, 0.15) is 6.61 Å². The zero-order chi connectivity index (χ0) is 23.5. The number of hydrogen-bond donors (Lipinski definition) is 0. The van der Waals surface area contributed by atoms with Gasteiger partial charge in [-0.1, -0.05) is 66.2 Å². The summed E-state index contributed by atoms with van der Waals surface area (Å²) in [5.41, 5.74) is 4.02. The average molecular weight is 450 g/mol. The molecule has 0 saturated carbocycles. The minimum Gasteiger partial charge on any atom is -0.493 e. The molecule has 5 heteroatoms. The van der Waals surface area contributed by atoms with Crippen molar-refractivity contribution in [2.45, 2.75) is 13.5 Å². The summed E-state index contributed by atoms with van der Waals surface area (Å²) in [5, 5.41) is 2.17. The molecule has 0 aliphatic carbocycles. The maximum absolute atomic E-state index is 12.5. The maximum Gasteiger partial charge on any atom is 0.363 e. The molecule has 1 heterocycles. The van der Waals surface area contributed by atoms with E-state index in [4.69, 9.17) is 14.2 Å². The Morgan fingerprint density at radius 3 is 2.56 bits per heavy atom. The molecule has 4 aromatic rings. The Balaban J connectivity index is 1.37. The number of benzene rings is 4. The maximum atomic E-state index is 12.5. The molecule has 0 radical (unpaired) electrons. The van der Waals surface area contributed by atoms with E-state index < -0.39 is 5.97 Å². The first-order chi connectivity index (χ1) is 16.6. The monoisotopic (exact) mass is 449 g/mol. The van der Waals surface area contributed by atoms with Crippen LogP contribution in [-0.4, -0.2) is 19.0 Å². The summed E-state index contributed by atoms with van der Waals surface area (Å²) < 4.78 is 16.9. The Morgan fingerprint density at radius 2 is 1.74 bits per heavy atom. The van der Waals surface area contributed by atoms with Crippen LogP contribution < -0.4 is 9.47 Å². The summed E-state index contributed by atoms with van der Waals surface area (Å²) in [4.78, 5) is 16.9. The molecule has 168 valence electrons. The number of carbonyl (C=O) groups is 1. The molecular formula is C29H23NO4. The highest BCUT2D eigenvalue weighted by atomic mass is 16.6. The van der Waals surface area contributed by atoms with Gasteiger partial charge in [-0.25, -0.2) is 9.79 Å². The number of esters is 1. The van der Waals surface area contributed by atoms with Crippen molar-refractivity contribution >= 4 is 28.7 Å². The smallest absolute Gasteiger partial charge is 0.363 e. The number of nitrogens with zero attached hydrogens (tertiary/aromatic N) is 1. The molecule has 0 unspecified atom stereocenters. The van der Waals surface area contributed by atoms with Gasteiger partial charge in [0.2, 0.25) is 5.90 Å². The summed E-state index contributed by atoms with van der Waals surface area (Å²) in [5.74, 6) is 1.02. The van der Waals surface area contributed by atoms with Crippen LogP contribution in [0.1, 0.15) is 22.3 Å². The molecule has 0 fully saturated rings. The summed E-state index contributed by atoms with van der Waals surface area (Å²) in [6, 6.07) is 27.5. The molecule has 4 aromatic carbocycles.